The van der Waals surface area contributed by atoms with E-state index < -0.39 is 6.29 Å². The van der Waals surface area contributed by atoms with Gasteiger partial charge in [0.05, 0.1) is 13.1 Å². The minimum atomic E-state index is -0.411. The minimum absolute atomic E-state index is 0.268. The van der Waals surface area contributed by atoms with Gasteiger partial charge < -0.3 is 24.8 Å². The van der Waals surface area contributed by atoms with Gasteiger partial charge in [-0.3, -0.25) is 0 Å². The Morgan fingerprint density at radius 3 is 2.38 bits per heavy atom. The van der Waals surface area contributed by atoms with Gasteiger partial charge in [-0.1, -0.05) is 18.2 Å². The quantitative estimate of drug-likeness (QED) is 0.510. The predicted molar refractivity (Wildman–Crippen MR) is 80.4 cm³/mol. The summed E-state index contributed by atoms with van der Waals surface area (Å²) in [4.78, 5) is 11.6. The topological polar surface area (TPSA) is 68.8 Å². The van der Waals surface area contributed by atoms with Gasteiger partial charge in [0.1, 0.15) is 12.4 Å². The van der Waals surface area contributed by atoms with E-state index in [-0.39, 0.29) is 6.03 Å². The van der Waals surface area contributed by atoms with E-state index in [2.05, 4.69) is 10.6 Å². The third-order valence-corrected chi connectivity index (χ3v) is 2.53. The lowest BCUT2D eigenvalue weighted by atomic mass is 10.3. The fourth-order valence-corrected chi connectivity index (χ4v) is 1.63. The molecule has 21 heavy (non-hydrogen) atoms. The molecule has 0 saturated carbocycles. The van der Waals surface area contributed by atoms with Crippen LogP contribution in [0.1, 0.15) is 13.8 Å². The average molecular weight is 296 g/mol. The highest BCUT2D eigenvalue weighted by Gasteiger charge is 2.09. The van der Waals surface area contributed by atoms with Crippen molar-refractivity contribution in [2.24, 2.45) is 0 Å². The molecule has 2 amide bonds. The highest BCUT2D eigenvalue weighted by atomic mass is 16.7. The van der Waals surface area contributed by atoms with Crippen molar-refractivity contribution in [1.29, 1.82) is 0 Å². The molecule has 1 aromatic carbocycles. The standard InChI is InChI=1S/C15H24N2O4/c1-3-19-14(20-4-2)12-17-15(18)16-10-11-21-13-8-6-5-7-9-13/h5-9,14H,3-4,10-12H2,1-2H3,(H2,16,17,18). The zero-order valence-corrected chi connectivity index (χ0v) is 12.6. The van der Waals surface area contributed by atoms with Gasteiger partial charge in [-0.2, -0.15) is 0 Å². The molecule has 0 aliphatic heterocycles. The number of rotatable bonds is 10. The van der Waals surface area contributed by atoms with Crippen molar-refractivity contribution in [1.82, 2.24) is 10.6 Å². The molecule has 6 nitrogen and oxygen atoms in total. The van der Waals surface area contributed by atoms with Gasteiger partial charge >= 0.3 is 6.03 Å². The normalized spacial score (nSPS) is 10.4. The minimum Gasteiger partial charge on any atom is -0.492 e. The molecule has 2 N–H and O–H groups in total. The predicted octanol–water partition coefficient (Wildman–Crippen LogP) is 1.76. The summed E-state index contributed by atoms with van der Waals surface area (Å²) >= 11 is 0. The molecular weight excluding hydrogens is 272 g/mol. The van der Waals surface area contributed by atoms with Gasteiger partial charge in [0.15, 0.2) is 6.29 Å². The van der Waals surface area contributed by atoms with Crippen LogP contribution in [-0.4, -0.2) is 45.2 Å². The lowest BCUT2D eigenvalue weighted by Crippen LogP contribution is -2.42. The third kappa shape index (κ3) is 8.16. The Morgan fingerprint density at radius 2 is 1.76 bits per heavy atom. The van der Waals surface area contributed by atoms with E-state index in [4.69, 9.17) is 14.2 Å². The second-order valence-corrected chi connectivity index (χ2v) is 4.14. The molecule has 0 aliphatic carbocycles. The first-order chi connectivity index (χ1) is 10.3. The van der Waals surface area contributed by atoms with Crippen LogP contribution in [0.2, 0.25) is 0 Å². The summed E-state index contributed by atoms with van der Waals surface area (Å²) in [5.41, 5.74) is 0. The van der Waals surface area contributed by atoms with Crippen molar-refractivity contribution in [2.45, 2.75) is 20.1 Å². The number of ether oxygens (including phenoxy) is 3. The van der Waals surface area contributed by atoms with Crippen molar-refractivity contribution < 1.29 is 19.0 Å². The number of amides is 2. The van der Waals surface area contributed by atoms with Crippen LogP contribution in [-0.2, 0) is 9.47 Å². The molecule has 0 aromatic heterocycles. The summed E-state index contributed by atoms with van der Waals surface area (Å²) in [5, 5.41) is 5.40. The summed E-state index contributed by atoms with van der Waals surface area (Å²) in [5.74, 6) is 0.785. The van der Waals surface area contributed by atoms with Crippen LogP contribution < -0.4 is 15.4 Å². The first-order valence-corrected chi connectivity index (χ1v) is 7.19. The van der Waals surface area contributed by atoms with Gasteiger partial charge in [0.25, 0.3) is 0 Å². The summed E-state index contributed by atoms with van der Waals surface area (Å²) in [7, 11) is 0. The number of para-hydroxylation sites is 1. The van der Waals surface area contributed by atoms with Gasteiger partial charge in [-0.15, -0.1) is 0 Å². The van der Waals surface area contributed by atoms with E-state index >= 15 is 0 Å². The smallest absolute Gasteiger partial charge is 0.315 e. The Kier molecular flexibility index (Phi) is 8.99. The fraction of sp³-hybridized carbons (Fsp3) is 0.533. The molecule has 0 spiro atoms. The summed E-state index contributed by atoms with van der Waals surface area (Å²) in [6.45, 7) is 6.00. The second kappa shape index (κ2) is 10.9. The van der Waals surface area contributed by atoms with Crippen LogP contribution in [0.4, 0.5) is 4.79 Å². The van der Waals surface area contributed by atoms with Crippen LogP contribution in [0.5, 0.6) is 5.75 Å². The molecule has 1 rings (SSSR count). The monoisotopic (exact) mass is 296 g/mol. The van der Waals surface area contributed by atoms with Crippen LogP contribution in [0.25, 0.3) is 0 Å². The fourth-order valence-electron chi connectivity index (χ4n) is 1.63. The van der Waals surface area contributed by atoms with E-state index in [0.717, 1.165) is 5.75 Å². The van der Waals surface area contributed by atoms with E-state index in [1.807, 2.05) is 44.2 Å². The number of carbonyl (C=O) groups is 1. The van der Waals surface area contributed by atoms with Gasteiger partial charge in [-0.05, 0) is 26.0 Å². The average Bonchev–Trinajstić information content (AvgIpc) is 2.51. The number of hydrogen-bond acceptors (Lipinski definition) is 4. The Hall–Kier alpha value is -1.79. The SMILES string of the molecule is CCOC(CNC(=O)NCCOc1ccccc1)OCC. The van der Waals surface area contributed by atoms with Gasteiger partial charge in [0, 0.05) is 13.2 Å². The molecule has 1 aromatic rings. The number of urea groups is 1. The lowest BCUT2D eigenvalue weighted by Gasteiger charge is -2.17. The van der Waals surface area contributed by atoms with Crippen LogP contribution in [0, 0.1) is 0 Å². The first-order valence-electron chi connectivity index (χ1n) is 7.19. The van der Waals surface area contributed by atoms with E-state index in [1.165, 1.54) is 0 Å². The first kappa shape index (κ1) is 17.3. The molecule has 0 atom stereocenters. The maximum atomic E-state index is 11.6. The van der Waals surface area contributed by atoms with Crippen LogP contribution >= 0.6 is 0 Å². The van der Waals surface area contributed by atoms with Gasteiger partial charge in [-0.25, -0.2) is 4.79 Å². The molecular formula is C15H24N2O4. The Bertz CT molecular complexity index is 381. The molecule has 0 heterocycles. The zero-order chi connectivity index (χ0) is 15.3. The van der Waals surface area contributed by atoms with Gasteiger partial charge in [0.2, 0.25) is 0 Å². The summed E-state index contributed by atoms with van der Waals surface area (Å²) in [6.07, 6.45) is -0.411. The molecule has 0 saturated heterocycles. The maximum absolute atomic E-state index is 11.6. The number of benzene rings is 1. The molecule has 6 heteroatoms. The summed E-state index contributed by atoms with van der Waals surface area (Å²) in [6, 6.07) is 9.19. The number of nitrogens with one attached hydrogen (secondary N) is 2. The highest BCUT2D eigenvalue weighted by molar-refractivity contribution is 5.73. The van der Waals surface area contributed by atoms with Crippen LogP contribution in [0.15, 0.2) is 30.3 Å². The van der Waals surface area contributed by atoms with Crippen molar-refractivity contribution in [3.8, 4) is 5.75 Å². The van der Waals surface area contributed by atoms with E-state index in [1.54, 1.807) is 0 Å². The second-order valence-electron chi connectivity index (χ2n) is 4.14. The number of hydrogen-bond donors (Lipinski definition) is 2. The molecule has 0 bridgehead atoms. The Labute approximate surface area is 125 Å². The molecule has 0 aliphatic rings. The largest absolute Gasteiger partial charge is 0.492 e. The van der Waals surface area contributed by atoms with Crippen molar-refractivity contribution in [3.63, 3.8) is 0 Å². The summed E-state index contributed by atoms with van der Waals surface area (Å²) < 4.78 is 16.1. The third-order valence-electron chi connectivity index (χ3n) is 2.53. The molecule has 0 radical (unpaired) electrons. The van der Waals surface area contributed by atoms with Crippen molar-refractivity contribution in [2.75, 3.05) is 32.9 Å². The molecule has 0 fully saturated rings. The number of carbonyl (C=O) groups excluding carboxylic acids is 1. The van der Waals surface area contributed by atoms with E-state index in [0.29, 0.717) is 32.9 Å². The van der Waals surface area contributed by atoms with Crippen molar-refractivity contribution in [3.05, 3.63) is 30.3 Å². The van der Waals surface area contributed by atoms with E-state index in [9.17, 15) is 4.79 Å². The zero-order valence-electron chi connectivity index (χ0n) is 12.6. The van der Waals surface area contributed by atoms with Crippen molar-refractivity contribution >= 4 is 6.03 Å². The Morgan fingerprint density at radius 1 is 1.10 bits per heavy atom. The maximum Gasteiger partial charge on any atom is 0.315 e. The molecule has 118 valence electrons. The highest BCUT2D eigenvalue weighted by Crippen LogP contribution is 2.07. The van der Waals surface area contributed by atoms with Crippen LogP contribution in [0.3, 0.4) is 0 Å². The molecule has 0 unspecified atom stereocenters. The lowest BCUT2D eigenvalue weighted by molar-refractivity contribution is -0.131. The Balaban J connectivity index is 2.10.